The first-order valence-electron chi connectivity index (χ1n) is 4.23. The Morgan fingerprint density at radius 2 is 2.17 bits per heavy atom. The molecule has 0 radical (unpaired) electrons. The molecule has 0 saturated heterocycles. The molecule has 0 spiro atoms. The third kappa shape index (κ3) is 6.12. The standard InChI is InChI=1S/C8H18N2O2/c1-6(2)3-4-10-5-7(9)8(11)12/h6-7,10H,3-5,9H2,1-2H3,(H,11,12). The van der Waals surface area contributed by atoms with Crippen LogP contribution in [-0.4, -0.2) is 30.2 Å². The molecule has 1 atom stereocenters. The number of hydrogen-bond donors (Lipinski definition) is 3. The molecule has 72 valence electrons. The predicted octanol–water partition coefficient (Wildman–Crippen LogP) is 0.0340. The quantitative estimate of drug-likeness (QED) is 0.497. The Morgan fingerprint density at radius 3 is 2.58 bits per heavy atom. The first kappa shape index (κ1) is 11.4. The molecule has 0 rings (SSSR count). The van der Waals surface area contributed by atoms with Gasteiger partial charge in [0.1, 0.15) is 6.04 Å². The molecule has 0 aromatic heterocycles. The van der Waals surface area contributed by atoms with Gasteiger partial charge in [-0.25, -0.2) is 0 Å². The van der Waals surface area contributed by atoms with Crippen LogP contribution in [-0.2, 0) is 4.79 Å². The lowest BCUT2D eigenvalue weighted by molar-refractivity contribution is -0.138. The Kier molecular flexibility index (Phi) is 5.66. The maximum atomic E-state index is 10.3. The monoisotopic (exact) mass is 174 g/mol. The van der Waals surface area contributed by atoms with Gasteiger partial charge in [-0.3, -0.25) is 4.79 Å². The second-order valence-corrected chi connectivity index (χ2v) is 3.33. The van der Waals surface area contributed by atoms with Crippen molar-refractivity contribution in [2.75, 3.05) is 13.1 Å². The van der Waals surface area contributed by atoms with Gasteiger partial charge in [-0.1, -0.05) is 13.8 Å². The Morgan fingerprint density at radius 1 is 1.58 bits per heavy atom. The summed E-state index contributed by atoms with van der Waals surface area (Å²) in [7, 11) is 0. The summed E-state index contributed by atoms with van der Waals surface area (Å²) < 4.78 is 0. The van der Waals surface area contributed by atoms with Gasteiger partial charge in [0.15, 0.2) is 0 Å². The van der Waals surface area contributed by atoms with E-state index >= 15 is 0 Å². The second-order valence-electron chi connectivity index (χ2n) is 3.33. The third-order valence-corrected chi connectivity index (χ3v) is 1.58. The predicted molar refractivity (Wildman–Crippen MR) is 47.9 cm³/mol. The van der Waals surface area contributed by atoms with Gasteiger partial charge < -0.3 is 16.2 Å². The van der Waals surface area contributed by atoms with Gasteiger partial charge in [0.05, 0.1) is 0 Å². The summed E-state index contributed by atoms with van der Waals surface area (Å²) >= 11 is 0. The van der Waals surface area contributed by atoms with Gasteiger partial charge >= 0.3 is 5.97 Å². The van der Waals surface area contributed by atoms with Crippen molar-refractivity contribution in [1.82, 2.24) is 5.32 Å². The molecular weight excluding hydrogens is 156 g/mol. The van der Waals surface area contributed by atoms with Gasteiger partial charge in [0, 0.05) is 6.54 Å². The molecule has 0 saturated carbocycles. The summed E-state index contributed by atoms with van der Waals surface area (Å²) in [5.74, 6) is -0.314. The number of nitrogens with one attached hydrogen (secondary N) is 1. The first-order valence-corrected chi connectivity index (χ1v) is 4.23. The molecule has 12 heavy (non-hydrogen) atoms. The van der Waals surface area contributed by atoms with Crippen molar-refractivity contribution in [3.63, 3.8) is 0 Å². The number of hydrogen-bond acceptors (Lipinski definition) is 3. The fourth-order valence-corrected chi connectivity index (χ4v) is 0.736. The zero-order valence-electron chi connectivity index (χ0n) is 7.71. The third-order valence-electron chi connectivity index (χ3n) is 1.58. The fourth-order valence-electron chi connectivity index (χ4n) is 0.736. The molecule has 0 aromatic rings. The van der Waals surface area contributed by atoms with E-state index in [9.17, 15) is 4.79 Å². The van der Waals surface area contributed by atoms with Crippen LogP contribution < -0.4 is 11.1 Å². The van der Waals surface area contributed by atoms with E-state index in [0.29, 0.717) is 12.5 Å². The molecular formula is C8H18N2O2. The molecule has 1 unspecified atom stereocenters. The van der Waals surface area contributed by atoms with Crippen LogP contribution >= 0.6 is 0 Å². The summed E-state index contributed by atoms with van der Waals surface area (Å²) in [6, 6.07) is -0.780. The topological polar surface area (TPSA) is 75.3 Å². The van der Waals surface area contributed by atoms with Crippen molar-refractivity contribution in [3.8, 4) is 0 Å². The Hall–Kier alpha value is -0.610. The van der Waals surface area contributed by atoms with Crippen LogP contribution in [0.1, 0.15) is 20.3 Å². The van der Waals surface area contributed by atoms with Gasteiger partial charge in [0.2, 0.25) is 0 Å². The number of nitrogens with two attached hydrogens (primary N) is 1. The maximum Gasteiger partial charge on any atom is 0.321 e. The lowest BCUT2D eigenvalue weighted by atomic mass is 10.1. The van der Waals surface area contributed by atoms with Crippen LogP contribution in [0.4, 0.5) is 0 Å². The highest BCUT2D eigenvalue weighted by atomic mass is 16.4. The van der Waals surface area contributed by atoms with Crippen LogP contribution in [0.5, 0.6) is 0 Å². The minimum absolute atomic E-state index is 0.349. The number of carboxylic acids is 1. The first-order chi connectivity index (χ1) is 5.54. The second kappa shape index (κ2) is 5.97. The van der Waals surface area contributed by atoms with Crippen molar-refractivity contribution >= 4 is 5.97 Å². The fraction of sp³-hybridized carbons (Fsp3) is 0.875. The molecule has 4 nitrogen and oxygen atoms in total. The van der Waals surface area contributed by atoms with Gasteiger partial charge in [0.25, 0.3) is 0 Å². The van der Waals surface area contributed by atoms with E-state index < -0.39 is 12.0 Å². The molecule has 0 heterocycles. The number of aliphatic carboxylic acids is 1. The van der Waals surface area contributed by atoms with Crippen molar-refractivity contribution in [1.29, 1.82) is 0 Å². The van der Waals surface area contributed by atoms with Crippen LogP contribution in [0.15, 0.2) is 0 Å². The van der Waals surface area contributed by atoms with E-state index in [2.05, 4.69) is 19.2 Å². The highest BCUT2D eigenvalue weighted by Gasteiger charge is 2.09. The highest BCUT2D eigenvalue weighted by molar-refractivity contribution is 5.73. The molecule has 0 aliphatic carbocycles. The van der Waals surface area contributed by atoms with E-state index in [-0.39, 0.29) is 0 Å². The van der Waals surface area contributed by atoms with Crippen molar-refractivity contribution in [2.24, 2.45) is 11.7 Å². The van der Waals surface area contributed by atoms with Crippen LogP contribution in [0.2, 0.25) is 0 Å². The minimum atomic E-state index is -0.952. The molecule has 0 bridgehead atoms. The van der Waals surface area contributed by atoms with E-state index in [1.54, 1.807) is 0 Å². The molecule has 0 aliphatic heterocycles. The highest BCUT2D eigenvalue weighted by Crippen LogP contribution is 1.95. The zero-order chi connectivity index (χ0) is 9.56. The molecule has 0 fully saturated rings. The summed E-state index contributed by atoms with van der Waals surface area (Å²) in [6.07, 6.45) is 1.05. The van der Waals surface area contributed by atoms with E-state index in [1.807, 2.05) is 0 Å². The summed E-state index contributed by atoms with van der Waals surface area (Å²) in [4.78, 5) is 10.3. The van der Waals surface area contributed by atoms with E-state index in [0.717, 1.165) is 13.0 Å². The molecule has 0 aromatic carbocycles. The number of carbonyl (C=O) groups is 1. The maximum absolute atomic E-state index is 10.3. The minimum Gasteiger partial charge on any atom is -0.480 e. The van der Waals surface area contributed by atoms with Crippen LogP contribution in [0.3, 0.4) is 0 Å². The lowest BCUT2D eigenvalue weighted by Gasteiger charge is -2.09. The van der Waals surface area contributed by atoms with E-state index in [4.69, 9.17) is 10.8 Å². The number of carboxylic acid groups (broad SMARTS) is 1. The Labute approximate surface area is 73.1 Å². The SMILES string of the molecule is CC(C)CCNCC(N)C(=O)O. The van der Waals surface area contributed by atoms with Crippen LogP contribution in [0.25, 0.3) is 0 Å². The zero-order valence-corrected chi connectivity index (χ0v) is 7.71. The Bertz CT molecular complexity index is 137. The van der Waals surface area contributed by atoms with E-state index in [1.165, 1.54) is 0 Å². The summed E-state index contributed by atoms with van der Waals surface area (Å²) in [5.41, 5.74) is 5.27. The lowest BCUT2D eigenvalue weighted by Crippen LogP contribution is -2.40. The smallest absolute Gasteiger partial charge is 0.321 e. The average Bonchev–Trinajstić information content (AvgIpc) is 1.97. The molecule has 0 amide bonds. The Balaban J connectivity index is 3.25. The van der Waals surface area contributed by atoms with Crippen molar-refractivity contribution in [2.45, 2.75) is 26.3 Å². The largest absolute Gasteiger partial charge is 0.480 e. The number of rotatable bonds is 6. The molecule has 0 aliphatic rings. The normalized spacial score (nSPS) is 13.3. The van der Waals surface area contributed by atoms with Crippen LogP contribution in [0, 0.1) is 5.92 Å². The van der Waals surface area contributed by atoms with Gasteiger partial charge in [-0.05, 0) is 18.9 Å². The summed E-state index contributed by atoms with van der Waals surface area (Å²) in [5, 5.41) is 11.4. The summed E-state index contributed by atoms with van der Waals surface area (Å²) in [6.45, 7) is 5.43. The van der Waals surface area contributed by atoms with Gasteiger partial charge in [-0.2, -0.15) is 0 Å². The van der Waals surface area contributed by atoms with Crippen molar-refractivity contribution in [3.05, 3.63) is 0 Å². The molecule has 4 N–H and O–H groups in total. The molecule has 4 heteroatoms. The average molecular weight is 174 g/mol. The van der Waals surface area contributed by atoms with Crippen molar-refractivity contribution < 1.29 is 9.90 Å². The van der Waals surface area contributed by atoms with Gasteiger partial charge in [-0.15, -0.1) is 0 Å².